The van der Waals surface area contributed by atoms with Crippen LogP contribution in [0.3, 0.4) is 0 Å². The van der Waals surface area contributed by atoms with E-state index in [1.807, 2.05) is 26.0 Å². The molecule has 2 rings (SSSR count). The summed E-state index contributed by atoms with van der Waals surface area (Å²) in [5, 5.41) is 12.2. The van der Waals surface area contributed by atoms with Crippen molar-refractivity contribution in [2.45, 2.75) is 27.2 Å². The Morgan fingerprint density at radius 2 is 1.81 bits per heavy atom. The highest BCUT2D eigenvalue weighted by Crippen LogP contribution is 2.35. The first-order valence-electron chi connectivity index (χ1n) is 10.2. The van der Waals surface area contributed by atoms with Crippen LogP contribution in [0.25, 0.3) is 6.08 Å². The molecule has 1 N–H and O–H groups in total. The van der Waals surface area contributed by atoms with Crippen molar-refractivity contribution >= 4 is 46.2 Å². The summed E-state index contributed by atoms with van der Waals surface area (Å²) in [6.07, 6.45) is 2.36. The van der Waals surface area contributed by atoms with Crippen LogP contribution in [0.15, 0.2) is 42.0 Å². The van der Waals surface area contributed by atoms with Crippen LogP contribution in [0.1, 0.15) is 43.1 Å². The van der Waals surface area contributed by atoms with E-state index in [1.54, 1.807) is 37.3 Å². The van der Waals surface area contributed by atoms with Gasteiger partial charge in [-0.15, -0.1) is 0 Å². The fourth-order valence-electron chi connectivity index (χ4n) is 2.70. The van der Waals surface area contributed by atoms with Gasteiger partial charge in [0.2, 0.25) is 0 Å². The lowest BCUT2D eigenvalue weighted by Gasteiger charge is -2.14. The third-order valence-electron chi connectivity index (χ3n) is 4.11. The van der Waals surface area contributed by atoms with Gasteiger partial charge in [0.1, 0.15) is 11.6 Å². The number of amides is 1. The minimum absolute atomic E-state index is 0.0695. The number of esters is 1. The molecule has 0 heterocycles. The van der Waals surface area contributed by atoms with Gasteiger partial charge in [0.25, 0.3) is 5.91 Å². The van der Waals surface area contributed by atoms with E-state index in [1.165, 1.54) is 6.08 Å². The first-order chi connectivity index (χ1) is 15.4. The second kappa shape index (κ2) is 12.7. The number of rotatable bonds is 10. The number of benzene rings is 2. The maximum atomic E-state index is 12.6. The quantitative estimate of drug-likeness (QED) is 0.190. The number of nitriles is 1. The Morgan fingerprint density at radius 1 is 1.09 bits per heavy atom. The largest absolute Gasteiger partial charge is 0.490 e. The first-order valence-corrected chi connectivity index (χ1v) is 11.3. The number of nitrogens with zero attached hydrogens (tertiary/aromatic N) is 1. The second-order valence-corrected chi connectivity index (χ2v) is 7.70. The van der Waals surface area contributed by atoms with E-state index >= 15 is 0 Å². The number of halogens is 1. The Balaban J connectivity index is 2.23. The van der Waals surface area contributed by atoms with Gasteiger partial charge in [0.15, 0.2) is 11.5 Å². The van der Waals surface area contributed by atoms with E-state index in [2.05, 4.69) is 27.9 Å². The van der Waals surface area contributed by atoms with Crippen molar-refractivity contribution in [3.8, 4) is 17.6 Å². The molecule has 0 radical (unpaired) electrons. The van der Waals surface area contributed by atoms with Crippen molar-refractivity contribution < 1.29 is 23.8 Å². The van der Waals surface area contributed by atoms with Crippen molar-refractivity contribution in [2.24, 2.45) is 0 Å². The summed E-state index contributed by atoms with van der Waals surface area (Å²) < 4.78 is 17.2. The van der Waals surface area contributed by atoms with Crippen molar-refractivity contribution in [1.29, 1.82) is 5.26 Å². The number of carbonyl (C=O) groups excluding carboxylic acids is 2. The molecule has 8 heteroatoms. The highest BCUT2D eigenvalue weighted by molar-refractivity contribution is 14.1. The summed E-state index contributed by atoms with van der Waals surface area (Å²) in [5.74, 6) is 0.215. The SMILES string of the molecule is CCCOc1c(I)cc(/C=C(\C#N)C(=O)Nc2ccc(C(=O)OCC)cc2)cc1OCC. The summed E-state index contributed by atoms with van der Waals surface area (Å²) in [6.45, 7) is 6.92. The maximum Gasteiger partial charge on any atom is 0.338 e. The Morgan fingerprint density at radius 3 is 2.41 bits per heavy atom. The molecule has 0 unspecified atom stereocenters. The van der Waals surface area contributed by atoms with Crippen LogP contribution in [-0.4, -0.2) is 31.7 Å². The number of ether oxygens (including phenoxy) is 3. The van der Waals surface area contributed by atoms with Crippen molar-refractivity contribution in [2.75, 3.05) is 25.1 Å². The standard InChI is InChI=1S/C24H25IN2O5/c1-4-11-32-22-20(25)13-16(14-21(22)30-5-2)12-18(15-26)23(28)27-19-9-7-17(8-10-19)24(29)31-6-3/h7-10,12-14H,4-6,11H2,1-3H3,(H,27,28)/b18-12+. The van der Waals surface area contributed by atoms with Crippen LogP contribution >= 0.6 is 22.6 Å². The molecule has 0 bridgehead atoms. The van der Waals surface area contributed by atoms with Gasteiger partial charge >= 0.3 is 5.97 Å². The predicted molar refractivity (Wildman–Crippen MR) is 131 cm³/mol. The van der Waals surface area contributed by atoms with Crippen LogP contribution in [0.4, 0.5) is 5.69 Å². The van der Waals surface area contributed by atoms with Gasteiger partial charge in [-0.1, -0.05) is 6.92 Å². The minimum Gasteiger partial charge on any atom is -0.490 e. The van der Waals surface area contributed by atoms with Crippen LogP contribution < -0.4 is 14.8 Å². The molecule has 0 fully saturated rings. The molecule has 1 amide bonds. The monoisotopic (exact) mass is 548 g/mol. The maximum absolute atomic E-state index is 12.6. The molecule has 2 aromatic carbocycles. The lowest BCUT2D eigenvalue weighted by molar-refractivity contribution is -0.112. The van der Waals surface area contributed by atoms with E-state index < -0.39 is 11.9 Å². The minimum atomic E-state index is -0.560. The number of nitrogens with one attached hydrogen (secondary N) is 1. The Bertz CT molecular complexity index is 1030. The summed E-state index contributed by atoms with van der Waals surface area (Å²) in [6, 6.07) is 11.8. The average Bonchev–Trinajstić information content (AvgIpc) is 2.77. The lowest BCUT2D eigenvalue weighted by atomic mass is 10.1. The topological polar surface area (TPSA) is 97.7 Å². The second-order valence-electron chi connectivity index (χ2n) is 6.53. The van der Waals surface area contributed by atoms with E-state index in [0.29, 0.717) is 41.5 Å². The van der Waals surface area contributed by atoms with Crippen LogP contribution in [0.2, 0.25) is 0 Å². The molecule has 0 saturated carbocycles. The van der Waals surface area contributed by atoms with E-state index in [0.717, 1.165) is 9.99 Å². The van der Waals surface area contributed by atoms with E-state index in [-0.39, 0.29) is 12.2 Å². The molecule has 7 nitrogen and oxygen atoms in total. The molecule has 0 aliphatic rings. The van der Waals surface area contributed by atoms with E-state index in [9.17, 15) is 14.9 Å². The third kappa shape index (κ3) is 6.99. The number of anilines is 1. The molecular formula is C24H25IN2O5. The number of carbonyl (C=O) groups is 2. The number of hydrogen-bond donors (Lipinski definition) is 1. The van der Waals surface area contributed by atoms with Crippen LogP contribution in [-0.2, 0) is 9.53 Å². The van der Waals surface area contributed by atoms with Crippen LogP contribution in [0, 0.1) is 14.9 Å². The highest BCUT2D eigenvalue weighted by Gasteiger charge is 2.15. The van der Waals surface area contributed by atoms with E-state index in [4.69, 9.17) is 14.2 Å². The number of hydrogen-bond acceptors (Lipinski definition) is 6. The molecule has 0 aliphatic carbocycles. The van der Waals surface area contributed by atoms with Crippen LogP contribution in [0.5, 0.6) is 11.5 Å². The summed E-state index contributed by atoms with van der Waals surface area (Å²) in [4.78, 5) is 24.4. The average molecular weight is 548 g/mol. The molecule has 0 spiro atoms. The third-order valence-corrected chi connectivity index (χ3v) is 4.91. The van der Waals surface area contributed by atoms with Crippen molar-refractivity contribution in [3.63, 3.8) is 0 Å². The smallest absolute Gasteiger partial charge is 0.338 e. The highest BCUT2D eigenvalue weighted by atomic mass is 127. The van der Waals surface area contributed by atoms with Gasteiger partial charge in [-0.05, 0) is 90.9 Å². The zero-order valence-electron chi connectivity index (χ0n) is 18.2. The molecule has 0 aromatic heterocycles. The van der Waals surface area contributed by atoms with Crippen molar-refractivity contribution in [1.82, 2.24) is 0 Å². The first kappa shape index (κ1) is 25.2. The van der Waals surface area contributed by atoms with Gasteiger partial charge < -0.3 is 19.5 Å². The summed E-state index contributed by atoms with van der Waals surface area (Å²) in [5.41, 5.74) is 1.41. The summed E-state index contributed by atoms with van der Waals surface area (Å²) >= 11 is 2.14. The predicted octanol–water partition coefficient (Wildman–Crippen LogP) is 5.20. The Labute approximate surface area is 201 Å². The van der Waals surface area contributed by atoms with Gasteiger partial charge in [-0.25, -0.2) is 4.79 Å². The molecule has 32 heavy (non-hydrogen) atoms. The molecule has 2 aromatic rings. The molecular weight excluding hydrogens is 523 g/mol. The molecule has 0 atom stereocenters. The Kier molecular flexibility index (Phi) is 10.0. The molecule has 168 valence electrons. The zero-order valence-corrected chi connectivity index (χ0v) is 20.4. The van der Waals surface area contributed by atoms with Gasteiger partial charge in [-0.2, -0.15) is 5.26 Å². The Hall–Kier alpha value is -3.06. The van der Waals surface area contributed by atoms with Gasteiger partial charge in [-0.3, -0.25) is 4.79 Å². The fourth-order valence-corrected chi connectivity index (χ4v) is 3.48. The lowest BCUT2D eigenvalue weighted by Crippen LogP contribution is -2.13. The summed E-state index contributed by atoms with van der Waals surface area (Å²) in [7, 11) is 0. The molecule has 0 aliphatic heterocycles. The van der Waals surface area contributed by atoms with Gasteiger partial charge in [0, 0.05) is 5.69 Å². The van der Waals surface area contributed by atoms with Gasteiger partial charge in [0.05, 0.1) is 29.0 Å². The molecule has 0 saturated heterocycles. The normalized spacial score (nSPS) is 10.8. The fraction of sp³-hybridized carbons (Fsp3) is 0.292. The zero-order chi connectivity index (χ0) is 23.5. The van der Waals surface area contributed by atoms with Crippen molar-refractivity contribution in [3.05, 3.63) is 56.7 Å².